The van der Waals surface area contributed by atoms with E-state index in [1.54, 1.807) is 12.1 Å². The first-order valence-corrected chi connectivity index (χ1v) is 13.0. The molecule has 0 spiro atoms. The molecular formula is C27H32Cl2O7. The van der Waals surface area contributed by atoms with Crippen molar-refractivity contribution >= 4 is 40.7 Å². The van der Waals surface area contributed by atoms with Crippen LogP contribution in [0.1, 0.15) is 57.0 Å². The van der Waals surface area contributed by atoms with E-state index >= 15 is 0 Å². The van der Waals surface area contributed by atoms with Crippen LogP contribution in [0.25, 0.3) is 0 Å². The third-order valence-corrected chi connectivity index (χ3v) is 10.9. The van der Waals surface area contributed by atoms with Gasteiger partial charge in [-0.3, -0.25) is 9.59 Å². The highest BCUT2D eigenvalue weighted by atomic mass is 35.5. The SMILES string of the molecule is C[C@@H]1C[C@H]2[C@@H]3CCC4=CC(=O)C=C[C@]4(C)C3(Cl)[C@@H](O)C[C@]2(C)[C@@]1(OC(=O)c1ccco1)C(=O)CCl.O. The standard InChI is InChI=1S/C27H30Cl2O6.H2O/c1-15-11-19-18-7-6-16-12-17(30)8-9-24(16,2)26(18,29)21(31)13-25(19,3)27(15,22(32)14-28)35-23(33)20-5-4-10-34-20;/h4-5,8-10,12,15,18-19,21,31H,6-7,11,13-14H2,1-3H3;1H2/t15-,18+,19+,21+,24+,25+,26?,27+;/m1./s1. The first-order valence-electron chi connectivity index (χ1n) is 12.1. The van der Waals surface area contributed by atoms with Gasteiger partial charge in [0.05, 0.1) is 23.1 Å². The number of carbonyl (C=O) groups excluding carboxylic acids is 3. The number of hydrogen-bond acceptors (Lipinski definition) is 6. The van der Waals surface area contributed by atoms with E-state index in [1.165, 1.54) is 18.4 Å². The van der Waals surface area contributed by atoms with Crippen LogP contribution < -0.4 is 0 Å². The molecule has 7 nitrogen and oxygen atoms in total. The predicted octanol–water partition coefficient (Wildman–Crippen LogP) is 4.04. The molecule has 4 aliphatic carbocycles. The highest BCUT2D eigenvalue weighted by Crippen LogP contribution is 2.72. The molecule has 1 unspecified atom stereocenters. The van der Waals surface area contributed by atoms with E-state index in [2.05, 4.69) is 0 Å². The number of furan rings is 1. The molecule has 3 N–H and O–H groups in total. The molecule has 0 aromatic carbocycles. The Kier molecular flexibility index (Phi) is 6.65. The Balaban J connectivity index is 0.00000304. The summed E-state index contributed by atoms with van der Waals surface area (Å²) in [7, 11) is 0. The van der Waals surface area contributed by atoms with Crippen LogP contribution in [0.2, 0.25) is 0 Å². The van der Waals surface area contributed by atoms with Crippen LogP contribution in [0.5, 0.6) is 0 Å². The van der Waals surface area contributed by atoms with Gasteiger partial charge in [0.2, 0.25) is 5.76 Å². The molecule has 0 saturated heterocycles. The van der Waals surface area contributed by atoms with Gasteiger partial charge in [0.15, 0.2) is 17.2 Å². The molecule has 0 amide bonds. The van der Waals surface area contributed by atoms with Crippen LogP contribution in [0.3, 0.4) is 0 Å². The van der Waals surface area contributed by atoms with Crippen molar-refractivity contribution in [2.24, 2.45) is 28.6 Å². The highest BCUT2D eigenvalue weighted by molar-refractivity contribution is 6.29. The number of Topliss-reactive ketones (excluding diaryl/α,β-unsaturated/α-hetero) is 1. The number of fused-ring (bicyclic) bond motifs is 5. The van der Waals surface area contributed by atoms with Crippen LogP contribution in [0.15, 0.2) is 46.6 Å². The number of rotatable bonds is 4. The van der Waals surface area contributed by atoms with E-state index in [-0.39, 0.29) is 52.9 Å². The van der Waals surface area contributed by atoms with Crippen molar-refractivity contribution in [2.75, 3.05) is 5.88 Å². The second-order valence-electron chi connectivity index (χ2n) is 11.1. The summed E-state index contributed by atoms with van der Waals surface area (Å²) < 4.78 is 11.3. The monoisotopic (exact) mass is 538 g/mol. The highest BCUT2D eigenvalue weighted by Gasteiger charge is 2.76. The van der Waals surface area contributed by atoms with Crippen molar-refractivity contribution in [1.82, 2.24) is 0 Å². The largest absolute Gasteiger partial charge is 0.457 e. The molecule has 1 aromatic rings. The zero-order valence-electron chi connectivity index (χ0n) is 20.6. The van der Waals surface area contributed by atoms with E-state index in [0.29, 0.717) is 19.3 Å². The fourth-order valence-electron chi connectivity index (χ4n) is 8.09. The van der Waals surface area contributed by atoms with Gasteiger partial charge in [0, 0.05) is 16.7 Å². The summed E-state index contributed by atoms with van der Waals surface area (Å²) in [6.45, 7) is 5.81. The molecule has 0 radical (unpaired) electrons. The number of carbonyl (C=O) groups is 3. The average molecular weight is 539 g/mol. The molecule has 1 heterocycles. The van der Waals surface area contributed by atoms with Crippen molar-refractivity contribution in [3.63, 3.8) is 0 Å². The Morgan fingerprint density at radius 2 is 2.00 bits per heavy atom. The van der Waals surface area contributed by atoms with Crippen molar-refractivity contribution < 1.29 is 34.1 Å². The van der Waals surface area contributed by atoms with Gasteiger partial charge < -0.3 is 19.7 Å². The van der Waals surface area contributed by atoms with E-state index in [9.17, 15) is 19.5 Å². The number of ether oxygens (including phenoxy) is 1. The smallest absolute Gasteiger partial charge is 0.375 e. The number of esters is 1. The maximum atomic E-state index is 13.6. The minimum Gasteiger partial charge on any atom is -0.457 e. The Hall–Kier alpha value is -1.93. The lowest BCUT2D eigenvalue weighted by Crippen LogP contribution is -2.69. The molecular weight excluding hydrogens is 507 g/mol. The van der Waals surface area contributed by atoms with Crippen LogP contribution in [0.4, 0.5) is 0 Å². The van der Waals surface area contributed by atoms with Crippen LogP contribution in [-0.4, -0.2) is 50.6 Å². The maximum Gasteiger partial charge on any atom is 0.375 e. The zero-order valence-corrected chi connectivity index (χ0v) is 22.1. The molecule has 5 rings (SSSR count). The third-order valence-electron chi connectivity index (χ3n) is 9.69. The van der Waals surface area contributed by atoms with E-state index in [4.69, 9.17) is 32.4 Å². The van der Waals surface area contributed by atoms with Crippen LogP contribution in [0, 0.1) is 28.6 Å². The van der Waals surface area contributed by atoms with Gasteiger partial charge in [0.25, 0.3) is 0 Å². The molecule has 3 fully saturated rings. The second kappa shape index (κ2) is 8.83. The Labute approximate surface area is 220 Å². The number of hydrogen-bond donors (Lipinski definition) is 1. The normalized spacial score (nSPS) is 42.9. The average Bonchev–Trinajstić information content (AvgIpc) is 3.42. The fourth-order valence-corrected chi connectivity index (χ4v) is 8.81. The van der Waals surface area contributed by atoms with Crippen LogP contribution >= 0.6 is 23.2 Å². The number of halogens is 2. The molecule has 0 bridgehead atoms. The third kappa shape index (κ3) is 3.22. The zero-order chi connectivity index (χ0) is 25.4. The number of alkyl halides is 2. The van der Waals surface area contributed by atoms with Crippen molar-refractivity contribution in [3.05, 3.63) is 48.0 Å². The molecule has 9 heteroatoms. The number of aliphatic hydroxyl groups excluding tert-OH is 1. The summed E-state index contributed by atoms with van der Waals surface area (Å²) in [6, 6.07) is 3.07. The summed E-state index contributed by atoms with van der Waals surface area (Å²) in [6.07, 6.45) is 7.44. The van der Waals surface area contributed by atoms with Gasteiger partial charge in [-0.2, -0.15) is 0 Å². The summed E-state index contributed by atoms with van der Waals surface area (Å²) >= 11 is 13.6. The van der Waals surface area contributed by atoms with Crippen molar-refractivity contribution in [1.29, 1.82) is 0 Å². The van der Waals surface area contributed by atoms with E-state index in [0.717, 1.165) is 5.57 Å². The summed E-state index contributed by atoms with van der Waals surface area (Å²) in [5.41, 5.74) is -2.20. The molecule has 4 aliphatic rings. The number of ketones is 2. The summed E-state index contributed by atoms with van der Waals surface area (Å²) in [5, 5.41) is 11.8. The van der Waals surface area contributed by atoms with Gasteiger partial charge in [0.1, 0.15) is 0 Å². The van der Waals surface area contributed by atoms with E-state index in [1.807, 2.05) is 26.8 Å². The minimum atomic E-state index is -1.53. The van der Waals surface area contributed by atoms with Crippen molar-refractivity contribution in [3.8, 4) is 0 Å². The maximum absolute atomic E-state index is 13.6. The first-order chi connectivity index (χ1) is 16.5. The van der Waals surface area contributed by atoms with Crippen molar-refractivity contribution in [2.45, 2.75) is 63.0 Å². The molecule has 3 saturated carbocycles. The topological polar surface area (TPSA) is 125 Å². The second-order valence-corrected chi connectivity index (χ2v) is 12.0. The van der Waals surface area contributed by atoms with Gasteiger partial charge in [-0.15, -0.1) is 23.2 Å². The lowest BCUT2D eigenvalue weighted by Gasteiger charge is -2.64. The van der Waals surface area contributed by atoms with Gasteiger partial charge in [-0.05, 0) is 61.8 Å². The molecule has 36 heavy (non-hydrogen) atoms. The molecule has 1 aromatic heterocycles. The summed E-state index contributed by atoms with van der Waals surface area (Å²) in [4.78, 5) is 37.7. The molecule has 8 atom stereocenters. The van der Waals surface area contributed by atoms with Gasteiger partial charge in [-0.1, -0.05) is 32.4 Å². The number of allylic oxidation sites excluding steroid dienone is 4. The van der Waals surface area contributed by atoms with Gasteiger partial charge >= 0.3 is 5.97 Å². The van der Waals surface area contributed by atoms with Gasteiger partial charge in [-0.25, -0.2) is 4.79 Å². The summed E-state index contributed by atoms with van der Waals surface area (Å²) in [5.74, 6) is -2.12. The molecule has 0 aliphatic heterocycles. The van der Waals surface area contributed by atoms with Crippen LogP contribution in [-0.2, 0) is 14.3 Å². The first kappa shape index (κ1) is 27.1. The Morgan fingerprint density at radius 1 is 1.28 bits per heavy atom. The lowest BCUT2D eigenvalue weighted by atomic mass is 9.45. The Morgan fingerprint density at radius 3 is 2.64 bits per heavy atom. The predicted molar refractivity (Wildman–Crippen MR) is 134 cm³/mol. The number of aliphatic hydroxyl groups is 1. The van der Waals surface area contributed by atoms with E-state index < -0.39 is 33.4 Å². The fraction of sp³-hybridized carbons (Fsp3) is 0.593. The Bertz CT molecular complexity index is 1140. The quantitative estimate of drug-likeness (QED) is 0.455. The minimum absolute atomic E-state index is 0. The molecule has 196 valence electrons. The lowest BCUT2D eigenvalue weighted by molar-refractivity contribution is -0.177.